The number of ether oxygens (including phenoxy) is 1. The Morgan fingerprint density at radius 3 is 2.85 bits per heavy atom. The van der Waals surface area contributed by atoms with E-state index in [9.17, 15) is 4.79 Å². The lowest BCUT2D eigenvalue weighted by Gasteiger charge is -2.26. The lowest BCUT2D eigenvalue weighted by atomic mass is 9.88. The maximum Gasteiger partial charge on any atom is 0.230 e. The number of methoxy groups -OCH3 is 1. The first-order valence-corrected chi connectivity index (χ1v) is 12.1. The molecule has 1 amide bonds. The van der Waals surface area contributed by atoms with Crippen LogP contribution in [0.3, 0.4) is 0 Å². The first-order chi connectivity index (χ1) is 16.1. The van der Waals surface area contributed by atoms with Crippen molar-refractivity contribution in [2.24, 2.45) is 0 Å². The molecule has 0 spiro atoms. The molecular weight excluding hydrogens is 432 g/mol. The first kappa shape index (κ1) is 21.5. The number of aromatic nitrogens is 3. The number of carbonyl (C=O) groups is 1. The van der Waals surface area contributed by atoms with Gasteiger partial charge >= 0.3 is 0 Å². The minimum absolute atomic E-state index is 0.0341. The van der Waals surface area contributed by atoms with Crippen LogP contribution in [0.1, 0.15) is 35.7 Å². The summed E-state index contributed by atoms with van der Waals surface area (Å²) in [5, 5.41) is 8.70. The van der Waals surface area contributed by atoms with Crippen LogP contribution in [0.25, 0.3) is 16.8 Å². The van der Waals surface area contributed by atoms with E-state index < -0.39 is 0 Å². The number of nitrogens with one attached hydrogen (secondary N) is 1. The van der Waals surface area contributed by atoms with E-state index in [0.29, 0.717) is 5.75 Å². The molecule has 0 bridgehead atoms. The zero-order valence-corrected chi connectivity index (χ0v) is 19.6. The quantitative estimate of drug-likeness (QED) is 0.325. The fourth-order valence-corrected chi connectivity index (χ4v) is 5.28. The second kappa shape index (κ2) is 9.27. The van der Waals surface area contributed by atoms with Gasteiger partial charge < -0.3 is 10.1 Å². The second-order valence-electron chi connectivity index (χ2n) is 8.26. The van der Waals surface area contributed by atoms with Gasteiger partial charge in [0, 0.05) is 11.3 Å². The van der Waals surface area contributed by atoms with Gasteiger partial charge in [-0.15, -0.1) is 0 Å². The van der Waals surface area contributed by atoms with Crippen LogP contribution in [0.15, 0.2) is 65.8 Å². The second-order valence-corrected chi connectivity index (χ2v) is 9.25. The highest BCUT2D eigenvalue weighted by molar-refractivity contribution is 7.99. The highest BCUT2D eigenvalue weighted by Gasteiger charge is 2.21. The molecule has 0 aliphatic heterocycles. The number of amides is 1. The number of hydrogen-bond acceptors (Lipinski definition) is 5. The van der Waals surface area contributed by atoms with Crippen LogP contribution in [-0.2, 0) is 11.2 Å². The van der Waals surface area contributed by atoms with Gasteiger partial charge in [-0.05, 0) is 61.1 Å². The van der Waals surface area contributed by atoms with Crippen molar-refractivity contribution < 1.29 is 9.53 Å². The lowest BCUT2D eigenvalue weighted by molar-refractivity contribution is -0.119. The van der Waals surface area contributed by atoms with Crippen molar-refractivity contribution in [1.29, 1.82) is 0 Å². The molecular formula is C26H26N4O2S. The predicted molar refractivity (Wildman–Crippen MR) is 131 cm³/mol. The normalized spacial score (nSPS) is 15.3. The molecule has 2 aromatic carbocycles. The smallest absolute Gasteiger partial charge is 0.230 e. The number of carbonyl (C=O) groups excluding carboxylic acids is 1. The van der Waals surface area contributed by atoms with Crippen LogP contribution < -0.4 is 10.1 Å². The third kappa shape index (κ3) is 4.46. The maximum atomic E-state index is 12.8. The SMILES string of the molecule is COc1ccc(-c2cnn3c(SCC(=O)N[C@H]4CCCc5ccccc54)cc(C)nc23)cc1. The van der Waals surface area contributed by atoms with Gasteiger partial charge in [-0.2, -0.15) is 5.10 Å². The summed E-state index contributed by atoms with van der Waals surface area (Å²) in [5.41, 5.74) is 6.24. The molecule has 0 saturated heterocycles. The van der Waals surface area contributed by atoms with Crippen molar-refractivity contribution in [1.82, 2.24) is 19.9 Å². The Kier molecular flexibility index (Phi) is 6.05. The molecule has 168 valence electrons. The van der Waals surface area contributed by atoms with E-state index in [0.717, 1.165) is 52.5 Å². The number of aryl methyl sites for hydroxylation is 2. The van der Waals surface area contributed by atoms with E-state index in [4.69, 9.17) is 9.72 Å². The fraction of sp³-hybridized carbons (Fsp3) is 0.269. The first-order valence-electron chi connectivity index (χ1n) is 11.1. The number of nitrogens with zero attached hydrogens (tertiary/aromatic N) is 3. The molecule has 2 heterocycles. The van der Waals surface area contributed by atoms with Crippen molar-refractivity contribution in [3.8, 4) is 16.9 Å². The van der Waals surface area contributed by atoms with E-state index in [2.05, 4.69) is 28.6 Å². The van der Waals surface area contributed by atoms with Crippen LogP contribution in [-0.4, -0.2) is 33.4 Å². The number of thioether (sulfide) groups is 1. The molecule has 2 aromatic heterocycles. The van der Waals surface area contributed by atoms with Crippen LogP contribution in [0.2, 0.25) is 0 Å². The van der Waals surface area contributed by atoms with Gasteiger partial charge in [-0.3, -0.25) is 4.79 Å². The molecule has 1 aliphatic carbocycles. The van der Waals surface area contributed by atoms with Gasteiger partial charge in [-0.1, -0.05) is 48.2 Å². The molecule has 5 rings (SSSR count). The minimum Gasteiger partial charge on any atom is -0.497 e. The van der Waals surface area contributed by atoms with Crippen LogP contribution in [0.4, 0.5) is 0 Å². The Hall–Kier alpha value is -3.32. The summed E-state index contributed by atoms with van der Waals surface area (Å²) < 4.78 is 7.08. The number of benzene rings is 2. The van der Waals surface area contributed by atoms with Crippen molar-refractivity contribution in [3.63, 3.8) is 0 Å². The van der Waals surface area contributed by atoms with Crippen molar-refractivity contribution in [2.45, 2.75) is 37.3 Å². The van der Waals surface area contributed by atoms with Crippen LogP contribution in [0, 0.1) is 6.92 Å². The highest BCUT2D eigenvalue weighted by atomic mass is 32.2. The molecule has 1 N–H and O–H groups in total. The van der Waals surface area contributed by atoms with Crippen molar-refractivity contribution >= 4 is 23.3 Å². The molecule has 0 radical (unpaired) electrons. The van der Waals surface area contributed by atoms with Crippen LogP contribution >= 0.6 is 11.8 Å². The molecule has 6 nitrogen and oxygen atoms in total. The zero-order valence-electron chi connectivity index (χ0n) is 18.7. The molecule has 4 aromatic rings. The molecule has 0 unspecified atom stereocenters. The molecule has 0 fully saturated rings. The summed E-state index contributed by atoms with van der Waals surface area (Å²) in [6.07, 6.45) is 4.99. The molecule has 0 saturated carbocycles. The van der Waals surface area contributed by atoms with Gasteiger partial charge in [0.05, 0.1) is 25.1 Å². The van der Waals surface area contributed by atoms with Gasteiger partial charge in [-0.25, -0.2) is 9.50 Å². The van der Waals surface area contributed by atoms with E-state index >= 15 is 0 Å². The maximum absolute atomic E-state index is 12.8. The Bertz CT molecular complexity index is 1300. The average molecular weight is 459 g/mol. The monoisotopic (exact) mass is 458 g/mol. The topological polar surface area (TPSA) is 68.5 Å². The van der Waals surface area contributed by atoms with Crippen molar-refractivity contribution in [3.05, 3.63) is 77.6 Å². The highest BCUT2D eigenvalue weighted by Crippen LogP contribution is 2.31. The Morgan fingerprint density at radius 1 is 1.21 bits per heavy atom. The summed E-state index contributed by atoms with van der Waals surface area (Å²) in [4.78, 5) is 17.5. The van der Waals surface area contributed by atoms with E-state index in [-0.39, 0.29) is 11.9 Å². The Balaban J connectivity index is 1.33. The van der Waals surface area contributed by atoms with Gasteiger partial charge in [0.15, 0.2) is 5.65 Å². The van der Waals surface area contributed by atoms with Gasteiger partial charge in [0.2, 0.25) is 5.91 Å². The summed E-state index contributed by atoms with van der Waals surface area (Å²) in [5.74, 6) is 1.17. The van der Waals surface area contributed by atoms with Gasteiger partial charge in [0.1, 0.15) is 10.8 Å². The third-order valence-corrected chi connectivity index (χ3v) is 7.02. The molecule has 1 aliphatic rings. The van der Waals surface area contributed by atoms with Crippen molar-refractivity contribution in [2.75, 3.05) is 12.9 Å². The molecule has 7 heteroatoms. The lowest BCUT2D eigenvalue weighted by Crippen LogP contribution is -2.32. The summed E-state index contributed by atoms with van der Waals surface area (Å²) in [6, 6.07) is 18.3. The Morgan fingerprint density at radius 2 is 2.03 bits per heavy atom. The van der Waals surface area contributed by atoms with Gasteiger partial charge in [0.25, 0.3) is 0 Å². The van der Waals surface area contributed by atoms with Crippen LogP contribution in [0.5, 0.6) is 5.75 Å². The summed E-state index contributed by atoms with van der Waals surface area (Å²) in [7, 11) is 1.65. The Labute approximate surface area is 197 Å². The zero-order chi connectivity index (χ0) is 22.8. The van der Waals surface area contributed by atoms with E-state index in [1.165, 1.54) is 22.9 Å². The largest absolute Gasteiger partial charge is 0.497 e. The molecule has 1 atom stereocenters. The fourth-order valence-electron chi connectivity index (χ4n) is 4.41. The number of rotatable bonds is 6. The minimum atomic E-state index is 0.0341. The average Bonchev–Trinajstić information content (AvgIpc) is 3.26. The summed E-state index contributed by atoms with van der Waals surface area (Å²) >= 11 is 1.49. The summed E-state index contributed by atoms with van der Waals surface area (Å²) in [6.45, 7) is 1.97. The van der Waals surface area contributed by atoms with E-state index in [1.54, 1.807) is 7.11 Å². The van der Waals surface area contributed by atoms with E-state index in [1.807, 2.05) is 54.0 Å². The molecule has 33 heavy (non-hydrogen) atoms. The number of hydrogen-bond donors (Lipinski definition) is 1. The number of fused-ring (bicyclic) bond motifs is 2. The predicted octanol–water partition coefficient (Wildman–Crippen LogP) is 5.00. The standard InChI is InChI=1S/C26H26N4O2S/c1-17-14-25(30-26(28-17)22(15-27-30)19-10-12-20(32-2)13-11-19)33-16-24(31)29-23-9-5-7-18-6-3-4-8-21(18)23/h3-4,6,8,10-15,23H,5,7,9,16H2,1-2H3,(H,29,31)/t23-/m0/s1. The third-order valence-electron chi connectivity index (χ3n) is 6.02.